The maximum absolute atomic E-state index is 14.4. The number of rotatable bonds is 6. The summed E-state index contributed by atoms with van der Waals surface area (Å²) in [6, 6.07) is 0. The van der Waals surface area contributed by atoms with Gasteiger partial charge in [-0.2, -0.15) is 0 Å². The molecule has 0 bridgehead atoms. The van der Waals surface area contributed by atoms with E-state index in [1.165, 1.54) is 6.42 Å². The lowest BCUT2D eigenvalue weighted by atomic mass is 9.75. The van der Waals surface area contributed by atoms with E-state index in [9.17, 15) is 8.78 Å². The van der Waals surface area contributed by atoms with Gasteiger partial charge in [0, 0.05) is 0 Å². The minimum atomic E-state index is -0.965. The predicted octanol–water partition coefficient (Wildman–Crippen LogP) is 9.32. The molecule has 0 atom stereocenters. The maximum Gasteiger partial charge on any atom is 0.113 e. The van der Waals surface area contributed by atoms with E-state index in [4.69, 9.17) is 0 Å². The molecule has 2 heteroatoms. The normalized spacial score (nSPS) is 17.3. The van der Waals surface area contributed by atoms with Crippen LogP contribution in [-0.2, 0) is 0 Å². The number of alkyl halides is 2. The molecule has 0 aromatic heterocycles. The third-order valence-corrected chi connectivity index (χ3v) is 5.46. The molecular weight excluding hydrogens is 326 g/mol. The molecule has 0 saturated heterocycles. The van der Waals surface area contributed by atoms with Gasteiger partial charge < -0.3 is 0 Å². The average Bonchev–Trinajstić information content (AvgIpc) is 2.47. The average molecular weight is 377 g/mol. The summed E-state index contributed by atoms with van der Waals surface area (Å²) in [6.07, 6.45) is 8.82. The summed E-state index contributed by atoms with van der Waals surface area (Å²) in [5, 5.41) is 0. The number of hydrogen-bond acceptors (Lipinski definition) is 0. The van der Waals surface area contributed by atoms with Crippen molar-refractivity contribution in [3.8, 4) is 0 Å². The first-order chi connectivity index (χ1) is 11.7. The molecule has 0 unspecified atom stereocenters. The van der Waals surface area contributed by atoms with Crippen molar-refractivity contribution in [1.29, 1.82) is 0 Å². The maximum atomic E-state index is 14.4. The molecule has 0 spiro atoms. The second-order valence-electron chi connectivity index (χ2n) is 10.2. The van der Waals surface area contributed by atoms with E-state index in [-0.39, 0.29) is 11.8 Å². The first-order valence-electron chi connectivity index (χ1n) is 11.1. The standard InChI is InChI=1S/C12H25F.C7H13F.C5H12/c1-6-10(7-2)12(5,13)11(8-3)9-4;1-7(8)5-3-2-4-6-7;1-5(2,3)4/h10-11H,6-9H2,1-5H3;2-6H2,1H3;1-4H3. The first-order valence-corrected chi connectivity index (χ1v) is 11.1. The molecule has 0 heterocycles. The van der Waals surface area contributed by atoms with Gasteiger partial charge in [-0.25, -0.2) is 8.78 Å². The summed E-state index contributed by atoms with van der Waals surface area (Å²) in [4.78, 5) is 0. The second-order valence-corrected chi connectivity index (χ2v) is 10.2. The third kappa shape index (κ3) is 14.0. The van der Waals surface area contributed by atoms with E-state index in [1.54, 1.807) is 13.8 Å². The minimum absolute atomic E-state index is 0.234. The minimum Gasteiger partial charge on any atom is -0.244 e. The van der Waals surface area contributed by atoms with Crippen LogP contribution in [0.25, 0.3) is 0 Å². The van der Waals surface area contributed by atoms with Gasteiger partial charge in [0.05, 0.1) is 0 Å². The van der Waals surface area contributed by atoms with Crippen LogP contribution in [0, 0.1) is 17.3 Å². The van der Waals surface area contributed by atoms with E-state index in [2.05, 4.69) is 55.4 Å². The molecule has 1 aliphatic carbocycles. The van der Waals surface area contributed by atoms with Gasteiger partial charge in [0.2, 0.25) is 0 Å². The molecule has 0 aliphatic heterocycles. The lowest BCUT2D eigenvalue weighted by Crippen LogP contribution is -2.37. The molecule has 1 fully saturated rings. The van der Waals surface area contributed by atoms with Gasteiger partial charge >= 0.3 is 0 Å². The monoisotopic (exact) mass is 376 g/mol. The van der Waals surface area contributed by atoms with Gasteiger partial charge in [-0.1, -0.05) is 100 Å². The Labute approximate surface area is 164 Å². The van der Waals surface area contributed by atoms with Crippen LogP contribution >= 0.6 is 0 Å². The molecule has 1 aliphatic rings. The molecule has 0 amide bonds. The van der Waals surface area contributed by atoms with Crippen LogP contribution in [0.15, 0.2) is 0 Å². The largest absolute Gasteiger partial charge is 0.244 e. The zero-order valence-electron chi connectivity index (χ0n) is 19.8. The molecular formula is C24H50F2. The van der Waals surface area contributed by atoms with Crippen LogP contribution < -0.4 is 0 Å². The Morgan fingerprint density at radius 1 is 0.731 bits per heavy atom. The van der Waals surface area contributed by atoms with Gasteiger partial charge in [-0.3, -0.25) is 0 Å². The first kappa shape index (κ1) is 28.1. The van der Waals surface area contributed by atoms with Gasteiger partial charge in [0.1, 0.15) is 11.3 Å². The number of halogens is 2. The topological polar surface area (TPSA) is 0 Å². The van der Waals surface area contributed by atoms with Crippen LogP contribution in [0.5, 0.6) is 0 Å². The summed E-state index contributed by atoms with van der Waals surface area (Å²) in [5.41, 5.74) is -1.29. The van der Waals surface area contributed by atoms with Gasteiger partial charge in [-0.05, 0) is 43.9 Å². The summed E-state index contributed by atoms with van der Waals surface area (Å²) in [5.74, 6) is 0.467. The molecule has 0 N–H and O–H groups in total. The van der Waals surface area contributed by atoms with Crippen LogP contribution in [0.4, 0.5) is 8.78 Å². The second kappa shape index (κ2) is 13.1. The zero-order valence-corrected chi connectivity index (χ0v) is 19.8. The van der Waals surface area contributed by atoms with E-state index >= 15 is 0 Å². The van der Waals surface area contributed by atoms with Crippen molar-refractivity contribution in [2.24, 2.45) is 17.3 Å². The summed E-state index contributed by atoms with van der Waals surface area (Å²) >= 11 is 0. The molecule has 160 valence electrons. The third-order valence-electron chi connectivity index (χ3n) is 5.46. The highest BCUT2D eigenvalue weighted by molar-refractivity contribution is 4.87. The fraction of sp³-hybridized carbons (Fsp3) is 1.00. The van der Waals surface area contributed by atoms with Crippen LogP contribution in [-0.4, -0.2) is 11.3 Å². The lowest BCUT2D eigenvalue weighted by molar-refractivity contribution is 0.0247. The zero-order chi connectivity index (χ0) is 21.0. The van der Waals surface area contributed by atoms with Crippen molar-refractivity contribution in [3.05, 3.63) is 0 Å². The fourth-order valence-electron chi connectivity index (χ4n) is 3.80. The van der Waals surface area contributed by atoms with Crippen molar-refractivity contribution >= 4 is 0 Å². The quantitative estimate of drug-likeness (QED) is 0.433. The Morgan fingerprint density at radius 2 is 1.00 bits per heavy atom. The lowest BCUT2D eigenvalue weighted by Gasteiger charge is -2.35. The summed E-state index contributed by atoms with van der Waals surface area (Å²) in [7, 11) is 0. The molecule has 0 aromatic rings. The predicted molar refractivity (Wildman–Crippen MR) is 115 cm³/mol. The van der Waals surface area contributed by atoms with Gasteiger partial charge in [0.15, 0.2) is 0 Å². The molecule has 26 heavy (non-hydrogen) atoms. The van der Waals surface area contributed by atoms with Gasteiger partial charge in [-0.15, -0.1) is 0 Å². The van der Waals surface area contributed by atoms with Gasteiger partial charge in [0.25, 0.3) is 0 Å². The highest BCUT2D eigenvalue weighted by Crippen LogP contribution is 2.38. The molecule has 1 rings (SSSR count). The highest BCUT2D eigenvalue weighted by atomic mass is 19.1. The highest BCUT2D eigenvalue weighted by Gasteiger charge is 2.37. The fourth-order valence-corrected chi connectivity index (χ4v) is 3.80. The van der Waals surface area contributed by atoms with Crippen molar-refractivity contribution in [2.45, 2.75) is 138 Å². The Bertz CT molecular complexity index is 290. The van der Waals surface area contributed by atoms with Crippen molar-refractivity contribution in [1.82, 2.24) is 0 Å². The van der Waals surface area contributed by atoms with E-state index in [1.807, 2.05) is 0 Å². The molecule has 0 radical (unpaired) electrons. The van der Waals surface area contributed by atoms with Crippen LogP contribution in [0.2, 0.25) is 0 Å². The Kier molecular flexibility index (Phi) is 14.2. The Hall–Kier alpha value is -0.140. The van der Waals surface area contributed by atoms with Crippen LogP contribution in [0.3, 0.4) is 0 Å². The molecule has 0 nitrogen and oxygen atoms in total. The van der Waals surface area contributed by atoms with Crippen molar-refractivity contribution in [2.75, 3.05) is 0 Å². The van der Waals surface area contributed by atoms with E-state index in [0.717, 1.165) is 51.4 Å². The van der Waals surface area contributed by atoms with E-state index in [0.29, 0.717) is 5.41 Å². The summed E-state index contributed by atoms with van der Waals surface area (Å²) < 4.78 is 27.3. The Morgan fingerprint density at radius 3 is 1.15 bits per heavy atom. The van der Waals surface area contributed by atoms with E-state index < -0.39 is 11.3 Å². The smallest absolute Gasteiger partial charge is 0.113 e. The van der Waals surface area contributed by atoms with Crippen molar-refractivity contribution in [3.63, 3.8) is 0 Å². The molecule has 0 aromatic carbocycles. The molecule has 1 saturated carbocycles. The SMILES string of the molecule is CC(C)(C)C.CC1(F)CCCCC1.CCC(CC)C(C)(F)C(CC)CC. The Balaban J connectivity index is 0. The van der Waals surface area contributed by atoms with Crippen molar-refractivity contribution < 1.29 is 8.78 Å². The summed E-state index contributed by atoms with van der Waals surface area (Å²) in [6.45, 7) is 20.6. The number of hydrogen-bond donors (Lipinski definition) is 0. The van der Waals surface area contributed by atoms with Crippen LogP contribution in [0.1, 0.15) is 127 Å².